The molecule has 0 atom stereocenters. The van der Waals surface area contributed by atoms with E-state index >= 15 is 0 Å². The van der Waals surface area contributed by atoms with Gasteiger partial charge in [0.15, 0.2) is 0 Å². The van der Waals surface area contributed by atoms with Gasteiger partial charge in [0, 0.05) is 11.6 Å². The van der Waals surface area contributed by atoms with Crippen LogP contribution in [0, 0.1) is 0 Å². The minimum Gasteiger partial charge on any atom is -0.457 e. The fourth-order valence-electron chi connectivity index (χ4n) is 2.77. The van der Waals surface area contributed by atoms with Gasteiger partial charge in [-0.15, -0.1) is 0 Å². The van der Waals surface area contributed by atoms with Crippen LogP contribution < -0.4 is 9.47 Å². The smallest absolute Gasteiger partial charge is 0.343 e. The van der Waals surface area contributed by atoms with Crippen molar-refractivity contribution in [1.29, 1.82) is 0 Å². The summed E-state index contributed by atoms with van der Waals surface area (Å²) in [6.45, 7) is 8.33. The van der Waals surface area contributed by atoms with Crippen molar-refractivity contribution < 1.29 is 33.3 Å². The lowest BCUT2D eigenvalue weighted by Crippen LogP contribution is -2.09. The van der Waals surface area contributed by atoms with Crippen molar-refractivity contribution in [3.05, 3.63) is 96.6 Å². The Labute approximate surface area is 190 Å². The van der Waals surface area contributed by atoms with E-state index in [2.05, 4.69) is 13.2 Å². The Kier molecular flexibility index (Phi) is 7.60. The number of fused-ring (bicyclic) bond motifs is 1. The molecule has 0 bridgehead atoms. The molecule has 0 radical (unpaired) electrons. The number of esters is 3. The summed E-state index contributed by atoms with van der Waals surface area (Å²) >= 11 is 0. The van der Waals surface area contributed by atoms with Crippen LogP contribution in [0.5, 0.6) is 11.5 Å². The molecule has 3 aromatic carbocycles. The zero-order valence-corrected chi connectivity index (χ0v) is 18.0. The molecule has 0 aliphatic rings. The summed E-state index contributed by atoms with van der Waals surface area (Å²) in [5.41, 5.74) is 1.56. The Morgan fingerprint density at radius 1 is 0.879 bits per heavy atom. The highest BCUT2D eigenvalue weighted by Gasteiger charge is 2.11. The van der Waals surface area contributed by atoms with Crippen molar-refractivity contribution in [3.63, 3.8) is 0 Å². The molecule has 0 aliphatic heterocycles. The normalized spacial score (nSPS) is 10.2. The number of rotatable bonds is 9. The van der Waals surface area contributed by atoms with E-state index in [9.17, 15) is 14.4 Å². The Bertz CT molecular complexity index is 1210. The predicted octanol–water partition coefficient (Wildman–Crippen LogP) is 4.74. The van der Waals surface area contributed by atoms with E-state index in [1.165, 1.54) is 0 Å². The SMILES string of the molecule is C=CC(=O)OCOc1ccc(OC(=O)c2ccc3cc(COC(=O)C(=C)C)ccc3c2)cc1. The van der Waals surface area contributed by atoms with E-state index < -0.39 is 17.9 Å². The quantitative estimate of drug-likeness (QED) is 0.203. The second-order valence-corrected chi connectivity index (χ2v) is 7.04. The summed E-state index contributed by atoms with van der Waals surface area (Å²) in [5.74, 6) is -0.750. The molecule has 0 N–H and O–H groups in total. The van der Waals surface area contributed by atoms with Gasteiger partial charge in [-0.25, -0.2) is 14.4 Å². The molecule has 0 amide bonds. The Balaban J connectivity index is 1.60. The average molecular weight is 446 g/mol. The predicted molar refractivity (Wildman–Crippen MR) is 122 cm³/mol. The van der Waals surface area contributed by atoms with E-state index in [4.69, 9.17) is 18.9 Å². The van der Waals surface area contributed by atoms with Crippen LogP contribution in [0.15, 0.2) is 85.5 Å². The van der Waals surface area contributed by atoms with Crippen LogP contribution >= 0.6 is 0 Å². The third-order valence-corrected chi connectivity index (χ3v) is 4.49. The fraction of sp³-hybridized carbons (Fsp3) is 0.115. The highest BCUT2D eigenvalue weighted by atomic mass is 16.7. The number of hydrogen-bond acceptors (Lipinski definition) is 7. The monoisotopic (exact) mass is 446 g/mol. The summed E-state index contributed by atoms with van der Waals surface area (Å²) < 4.78 is 20.6. The first kappa shape index (κ1) is 23.3. The van der Waals surface area contributed by atoms with Crippen molar-refractivity contribution in [1.82, 2.24) is 0 Å². The molecule has 0 aliphatic carbocycles. The molecule has 0 saturated heterocycles. The minimum absolute atomic E-state index is 0.141. The highest BCUT2D eigenvalue weighted by Crippen LogP contribution is 2.22. The molecule has 0 fully saturated rings. The van der Waals surface area contributed by atoms with Crippen molar-refractivity contribution in [3.8, 4) is 11.5 Å². The van der Waals surface area contributed by atoms with Crippen molar-refractivity contribution >= 4 is 28.7 Å². The topological polar surface area (TPSA) is 88.1 Å². The molecule has 33 heavy (non-hydrogen) atoms. The fourth-order valence-corrected chi connectivity index (χ4v) is 2.77. The minimum atomic E-state index is -0.585. The third kappa shape index (κ3) is 6.54. The maximum Gasteiger partial charge on any atom is 0.343 e. The molecular weight excluding hydrogens is 424 g/mol. The van der Waals surface area contributed by atoms with Crippen LogP contribution in [0.2, 0.25) is 0 Å². The largest absolute Gasteiger partial charge is 0.457 e. The first-order valence-corrected chi connectivity index (χ1v) is 9.95. The first-order valence-electron chi connectivity index (χ1n) is 9.95. The van der Waals surface area contributed by atoms with E-state index in [0.29, 0.717) is 22.6 Å². The van der Waals surface area contributed by atoms with Gasteiger partial charge < -0.3 is 18.9 Å². The molecule has 3 aromatic rings. The number of ether oxygens (including phenoxy) is 4. The zero-order chi connectivity index (χ0) is 23.8. The zero-order valence-electron chi connectivity index (χ0n) is 18.0. The summed E-state index contributed by atoms with van der Waals surface area (Å²) in [6.07, 6.45) is 1.04. The molecule has 3 rings (SSSR count). The van der Waals surface area contributed by atoms with E-state index in [0.717, 1.165) is 22.4 Å². The molecule has 0 heterocycles. The maximum absolute atomic E-state index is 12.5. The van der Waals surface area contributed by atoms with E-state index in [1.807, 2.05) is 18.2 Å². The van der Waals surface area contributed by atoms with Gasteiger partial charge in [0.05, 0.1) is 5.56 Å². The average Bonchev–Trinajstić information content (AvgIpc) is 2.82. The highest BCUT2D eigenvalue weighted by molar-refractivity contribution is 5.96. The van der Waals surface area contributed by atoms with Crippen molar-refractivity contribution in [2.75, 3.05) is 6.79 Å². The molecule has 168 valence electrons. The van der Waals surface area contributed by atoms with Crippen LogP contribution in [0.25, 0.3) is 10.8 Å². The Hall–Kier alpha value is -4.39. The molecule has 7 nitrogen and oxygen atoms in total. The number of benzene rings is 3. The van der Waals surface area contributed by atoms with Gasteiger partial charge in [0.25, 0.3) is 0 Å². The maximum atomic E-state index is 12.5. The van der Waals surface area contributed by atoms with E-state index in [1.54, 1.807) is 49.4 Å². The Morgan fingerprint density at radius 2 is 1.55 bits per heavy atom. The van der Waals surface area contributed by atoms with Gasteiger partial charge in [-0.2, -0.15) is 0 Å². The number of carbonyl (C=O) groups excluding carboxylic acids is 3. The molecule has 0 saturated carbocycles. The van der Waals surface area contributed by atoms with Crippen LogP contribution in [0.4, 0.5) is 0 Å². The summed E-state index contributed by atoms with van der Waals surface area (Å²) in [6, 6.07) is 17.1. The first-order chi connectivity index (χ1) is 15.9. The third-order valence-electron chi connectivity index (χ3n) is 4.49. The summed E-state index contributed by atoms with van der Waals surface area (Å²) in [5, 5.41) is 1.74. The lowest BCUT2D eigenvalue weighted by atomic mass is 10.0. The molecule has 0 unspecified atom stereocenters. The molecule has 7 heteroatoms. The van der Waals surface area contributed by atoms with Gasteiger partial charge >= 0.3 is 17.9 Å². The van der Waals surface area contributed by atoms with Crippen molar-refractivity contribution in [2.24, 2.45) is 0 Å². The van der Waals surface area contributed by atoms with Crippen LogP contribution in [0.3, 0.4) is 0 Å². The van der Waals surface area contributed by atoms with Gasteiger partial charge in [-0.05, 0) is 65.7 Å². The number of hydrogen-bond donors (Lipinski definition) is 0. The van der Waals surface area contributed by atoms with Crippen LogP contribution in [-0.2, 0) is 25.7 Å². The molecule has 0 spiro atoms. The van der Waals surface area contributed by atoms with Gasteiger partial charge in [0.2, 0.25) is 6.79 Å². The van der Waals surface area contributed by atoms with Crippen molar-refractivity contribution in [2.45, 2.75) is 13.5 Å². The van der Waals surface area contributed by atoms with Gasteiger partial charge in [-0.3, -0.25) is 0 Å². The molecule has 0 aromatic heterocycles. The number of carbonyl (C=O) groups is 3. The van der Waals surface area contributed by atoms with E-state index in [-0.39, 0.29) is 13.4 Å². The van der Waals surface area contributed by atoms with Gasteiger partial charge in [-0.1, -0.05) is 31.4 Å². The standard InChI is InChI=1S/C26H22O7/c1-4-24(27)32-16-31-22-9-11-23(12-10-22)33-26(29)21-8-7-19-13-18(5-6-20(19)14-21)15-30-25(28)17(2)3/h4-14H,1-2,15-16H2,3H3. The molecular formula is C26H22O7. The van der Waals surface area contributed by atoms with Crippen LogP contribution in [-0.4, -0.2) is 24.7 Å². The second-order valence-electron chi connectivity index (χ2n) is 7.04. The Morgan fingerprint density at radius 3 is 2.24 bits per heavy atom. The van der Waals surface area contributed by atoms with Crippen LogP contribution in [0.1, 0.15) is 22.8 Å². The lowest BCUT2D eigenvalue weighted by Gasteiger charge is -2.09. The second kappa shape index (κ2) is 10.8. The summed E-state index contributed by atoms with van der Waals surface area (Å²) in [7, 11) is 0. The summed E-state index contributed by atoms with van der Waals surface area (Å²) in [4.78, 5) is 35.1. The lowest BCUT2D eigenvalue weighted by molar-refractivity contribution is -0.144. The van der Waals surface area contributed by atoms with Gasteiger partial charge in [0.1, 0.15) is 18.1 Å².